The van der Waals surface area contributed by atoms with E-state index in [1.54, 1.807) is 0 Å². The molecule has 0 aliphatic heterocycles. The molecule has 0 aliphatic rings. The Morgan fingerprint density at radius 3 is 0.797 bits per heavy atom. The van der Waals surface area contributed by atoms with E-state index in [1.807, 2.05) is 0 Å². The van der Waals surface area contributed by atoms with Gasteiger partial charge in [0.25, 0.3) is 0 Å². The summed E-state index contributed by atoms with van der Waals surface area (Å²) in [4.78, 5) is 38.0. The highest BCUT2D eigenvalue weighted by atomic mass is 32.1. The van der Waals surface area contributed by atoms with Crippen LogP contribution in [-0.2, 0) is 28.6 Å². The second-order valence-corrected chi connectivity index (χ2v) is 18.5. The Hall–Kier alpha value is -2.02. The normalized spacial score (nSPS) is 11.6. The van der Waals surface area contributed by atoms with Crippen molar-refractivity contribution in [1.29, 1.82) is 0 Å². The van der Waals surface area contributed by atoms with Gasteiger partial charge >= 0.3 is 17.9 Å². The first-order chi connectivity index (χ1) is 31.0. The van der Waals surface area contributed by atoms with Crippen LogP contribution >= 0.6 is 13.5 Å². The van der Waals surface area contributed by atoms with E-state index in [0.717, 1.165) is 77.0 Å². The lowest BCUT2D eigenvalue weighted by atomic mass is 10.1. The summed E-state index contributed by atoms with van der Waals surface area (Å²) in [7, 11) is 0. The first-order valence-corrected chi connectivity index (χ1v) is 27.5. The third-order valence-corrected chi connectivity index (χ3v) is 12.1. The molecule has 0 saturated carbocycles. The van der Waals surface area contributed by atoms with Gasteiger partial charge in [-0.1, -0.05) is 211 Å². The van der Waals surface area contributed by atoms with Gasteiger partial charge in [-0.2, -0.15) is 13.5 Å². The molecular weight excluding hydrogens is 813 g/mol. The van der Waals surface area contributed by atoms with E-state index >= 15 is 0 Å². The monoisotopic (exact) mass is 919 g/mol. The van der Waals surface area contributed by atoms with Crippen molar-refractivity contribution in [3.05, 3.63) is 36.5 Å². The number of carbonyl (C=O) groups excluding carboxylic acids is 3. The van der Waals surface area contributed by atoms with Crippen LogP contribution in [0.4, 0.5) is 0 Å². The number of unbranched alkanes of at least 4 members (excludes halogenated alkanes) is 33. The minimum atomic E-state index is -0.781. The standard InChI is InChI=1S/C57H104O6.H2S/c1-4-7-10-13-16-19-22-25-28-31-34-37-40-43-46-49-55(58)61-52-54(63-57(60)51-48-45-42-39-36-33-30-27-24-21-18-15-12-9-6-3)53-62-56(59)50-47-44-41-38-35-32-29-26-23-20-17-14-11-8-5-2;/h25-30,54H,4-24,31-53H2,1-3H3;1H2/b28-25+,29-26+,30-27+;. The molecule has 64 heavy (non-hydrogen) atoms. The van der Waals surface area contributed by atoms with Crippen LogP contribution < -0.4 is 0 Å². The lowest BCUT2D eigenvalue weighted by molar-refractivity contribution is -0.167. The van der Waals surface area contributed by atoms with Gasteiger partial charge in [-0.15, -0.1) is 0 Å². The van der Waals surface area contributed by atoms with E-state index in [2.05, 4.69) is 57.2 Å². The van der Waals surface area contributed by atoms with Crippen LogP contribution in [0.25, 0.3) is 0 Å². The predicted octanol–water partition coefficient (Wildman–Crippen LogP) is 18.2. The zero-order valence-electron chi connectivity index (χ0n) is 42.6. The van der Waals surface area contributed by atoms with Gasteiger partial charge in [-0.3, -0.25) is 14.4 Å². The molecule has 376 valence electrons. The Balaban J connectivity index is 0. The van der Waals surface area contributed by atoms with Crippen molar-refractivity contribution < 1.29 is 28.6 Å². The summed E-state index contributed by atoms with van der Waals surface area (Å²) in [5.41, 5.74) is 0. The molecule has 0 aromatic heterocycles. The van der Waals surface area contributed by atoms with Crippen LogP contribution in [0.15, 0.2) is 36.5 Å². The first-order valence-electron chi connectivity index (χ1n) is 27.5. The van der Waals surface area contributed by atoms with E-state index in [1.165, 1.54) is 173 Å². The summed E-state index contributed by atoms with van der Waals surface area (Å²) >= 11 is 0. The van der Waals surface area contributed by atoms with Gasteiger partial charge in [0.05, 0.1) is 0 Å². The Kier molecular flexibility index (Phi) is 55.4. The predicted molar refractivity (Wildman–Crippen MR) is 281 cm³/mol. The van der Waals surface area contributed by atoms with Gasteiger partial charge in [-0.25, -0.2) is 0 Å². The van der Waals surface area contributed by atoms with E-state index in [-0.39, 0.29) is 44.6 Å². The zero-order valence-corrected chi connectivity index (χ0v) is 43.6. The fourth-order valence-corrected chi connectivity index (χ4v) is 7.90. The Bertz CT molecular complexity index is 1010. The third-order valence-electron chi connectivity index (χ3n) is 12.1. The molecule has 0 aliphatic carbocycles. The van der Waals surface area contributed by atoms with E-state index in [0.29, 0.717) is 19.3 Å². The molecule has 0 saturated heterocycles. The summed E-state index contributed by atoms with van der Waals surface area (Å²) in [6.07, 6.45) is 61.2. The Morgan fingerprint density at radius 2 is 0.531 bits per heavy atom. The van der Waals surface area contributed by atoms with Crippen molar-refractivity contribution in [3.8, 4) is 0 Å². The lowest BCUT2D eigenvalue weighted by Gasteiger charge is -2.18. The van der Waals surface area contributed by atoms with Gasteiger partial charge in [0.2, 0.25) is 0 Å². The van der Waals surface area contributed by atoms with Crippen molar-refractivity contribution >= 4 is 31.4 Å². The summed E-state index contributed by atoms with van der Waals surface area (Å²) < 4.78 is 16.8. The zero-order chi connectivity index (χ0) is 45.8. The topological polar surface area (TPSA) is 78.9 Å². The van der Waals surface area contributed by atoms with Crippen LogP contribution in [0, 0.1) is 0 Å². The van der Waals surface area contributed by atoms with Crippen LogP contribution in [0.2, 0.25) is 0 Å². The number of esters is 3. The highest BCUT2D eigenvalue weighted by Crippen LogP contribution is 2.15. The maximum atomic E-state index is 12.8. The molecule has 0 aromatic carbocycles. The maximum absolute atomic E-state index is 12.8. The molecule has 0 N–H and O–H groups in total. The number of allylic oxidation sites excluding steroid dienone is 6. The quantitative estimate of drug-likeness (QED) is 0.0262. The number of hydrogen-bond acceptors (Lipinski definition) is 6. The van der Waals surface area contributed by atoms with E-state index < -0.39 is 6.10 Å². The molecule has 0 radical (unpaired) electrons. The largest absolute Gasteiger partial charge is 0.462 e. The van der Waals surface area contributed by atoms with Gasteiger partial charge < -0.3 is 14.2 Å². The first kappa shape index (κ1) is 64.1. The Labute approximate surface area is 404 Å². The number of ether oxygens (including phenoxy) is 3. The number of carbonyl (C=O) groups is 3. The van der Waals surface area contributed by atoms with Gasteiger partial charge in [0, 0.05) is 19.3 Å². The fraction of sp³-hybridized carbons (Fsp3) is 0.842. The van der Waals surface area contributed by atoms with Crippen molar-refractivity contribution in [2.75, 3.05) is 13.2 Å². The molecule has 0 aromatic rings. The number of hydrogen-bond donors (Lipinski definition) is 0. The highest BCUT2D eigenvalue weighted by molar-refractivity contribution is 7.59. The van der Waals surface area contributed by atoms with Gasteiger partial charge in [-0.05, 0) is 96.3 Å². The molecular formula is C57H106O6S. The van der Waals surface area contributed by atoms with Crippen LogP contribution in [-0.4, -0.2) is 37.2 Å². The highest BCUT2D eigenvalue weighted by Gasteiger charge is 2.19. The molecule has 0 fully saturated rings. The summed E-state index contributed by atoms with van der Waals surface area (Å²) in [6.45, 7) is 6.63. The van der Waals surface area contributed by atoms with Crippen molar-refractivity contribution in [2.45, 2.75) is 297 Å². The average Bonchev–Trinajstić information content (AvgIpc) is 3.28. The van der Waals surface area contributed by atoms with Crippen LogP contribution in [0.3, 0.4) is 0 Å². The molecule has 0 bridgehead atoms. The molecule has 0 amide bonds. The van der Waals surface area contributed by atoms with E-state index in [4.69, 9.17) is 14.2 Å². The SMILES string of the molecule is CCCCCCCC/C=C/CCCCCCCC(=O)OCC(COC(=O)CCCCCCC/C=C/CCCCCCCC)OC(=O)CCCCCCC/C=C/CCCCCCCC.S. The molecule has 6 nitrogen and oxygen atoms in total. The molecule has 0 unspecified atom stereocenters. The average molecular weight is 920 g/mol. The number of rotatable bonds is 50. The summed E-state index contributed by atoms with van der Waals surface area (Å²) in [5, 5.41) is 0. The van der Waals surface area contributed by atoms with Crippen LogP contribution in [0.1, 0.15) is 290 Å². The second-order valence-electron chi connectivity index (χ2n) is 18.5. The molecule has 0 rings (SSSR count). The fourth-order valence-electron chi connectivity index (χ4n) is 7.90. The second kappa shape index (κ2) is 55.3. The van der Waals surface area contributed by atoms with Gasteiger partial charge in [0.1, 0.15) is 13.2 Å². The molecule has 0 heterocycles. The van der Waals surface area contributed by atoms with Crippen LogP contribution in [0.5, 0.6) is 0 Å². The Morgan fingerprint density at radius 1 is 0.312 bits per heavy atom. The van der Waals surface area contributed by atoms with Crippen molar-refractivity contribution in [1.82, 2.24) is 0 Å². The summed E-state index contributed by atoms with van der Waals surface area (Å²) in [5.74, 6) is -0.893. The minimum Gasteiger partial charge on any atom is -0.462 e. The van der Waals surface area contributed by atoms with Crippen molar-refractivity contribution in [2.24, 2.45) is 0 Å². The summed E-state index contributed by atoms with van der Waals surface area (Å²) in [6, 6.07) is 0. The van der Waals surface area contributed by atoms with Crippen molar-refractivity contribution in [3.63, 3.8) is 0 Å². The maximum Gasteiger partial charge on any atom is 0.306 e. The third kappa shape index (κ3) is 52.6. The smallest absolute Gasteiger partial charge is 0.306 e. The van der Waals surface area contributed by atoms with Gasteiger partial charge in [0.15, 0.2) is 6.10 Å². The minimum absolute atomic E-state index is 0. The molecule has 7 heteroatoms. The van der Waals surface area contributed by atoms with E-state index in [9.17, 15) is 14.4 Å². The molecule has 0 spiro atoms. The lowest BCUT2D eigenvalue weighted by Crippen LogP contribution is -2.30. The molecule has 0 atom stereocenters.